The fourth-order valence-corrected chi connectivity index (χ4v) is 1.88. The summed E-state index contributed by atoms with van der Waals surface area (Å²) in [6.45, 7) is 2.15. The molecule has 0 atom stereocenters. The van der Waals surface area contributed by atoms with Crippen LogP contribution in [0.3, 0.4) is 0 Å². The number of ether oxygens (including phenoxy) is 2. The summed E-state index contributed by atoms with van der Waals surface area (Å²) in [4.78, 5) is 11.3. The molecular weight excluding hydrogens is 299 g/mol. The largest absolute Gasteiger partial charge is 0.503 e. The van der Waals surface area contributed by atoms with Crippen molar-refractivity contribution in [3.8, 4) is 11.5 Å². The zero-order chi connectivity index (χ0) is 12.3. The van der Waals surface area contributed by atoms with Crippen molar-refractivity contribution in [3.05, 3.63) is 21.1 Å². The van der Waals surface area contributed by atoms with Gasteiger partial charge in [-0.15, -0.1) is 0 Å². The van der Waals surface area contributed by atoms with E-state index in [9.17, 15) is 9.90 Å². The van der Waals surface area contributed by atoms with Crippen LogP contribution < -0.4 is 4.74 Å². The molecule has 0 amide bonds. The molecule has 1 aromatic rings. The fourth-order valence-electron chi connectivity index (χ4n) is 1.14. The van der Waals surface area contributed by atoms with Gasteiger partial charge in [0.05, 0.1) is 23.8 Å². The second-order valence-corrected chi connectivity index (χ2v) is 4.05. The van der Waals surface area contributed by atoms with Crippen molar-refractivity contribution in [2.75, 3.05) is 13.7 Å². The SMILES string of the molecule is CCOc1c(Br)cc(C(=O)OC)c(Cl)c1O. The Morgan fingerprint density at radius 2 is 2.25 bits per heavy atom. The molecule has 0 saturated heterocycles. The van der Waals surface area contributed by atoms with Crippen LogP contribution in [0.4, 0.5) is 0 Å². The molecule has 0 bridgehead atoms. The first-order chi connectivity index (χ1) is 7.52. The van der Waals surface area contributed by atoms with Gasteiger partial charge in [0.25, 0.3) is 0 Å². The lowest BCUT2D eigenvalue weighted by Gasteiger charge is -2.11. The van der Waals surface area contributed by atoms with Crippen LogP contribution >= 0.6 is 27.5 Å². The first-order valence-corrected chi connectivity index (χ1v) is 5.62. The van der Waals surface area contributed by atoms with Crippen LogP contribution in [0, 0.1) is 0 Å². The van der Waals surface area contributed by atoms with Crippen molar-refractivity contribution >= 4 is 33.5 Å². The van der Waals surface area contributed by atoms with Crippen LogP contribution in [0.25, 0.3) is 0 Å². The van der Waals surface area contributed by atoms with Gasteiger partial charge in [0.1, 0.15) is 5.02 Å². The van der Waals surface area contributed by atoms with E-state index in [0.29, 0.717) is 11.1 Å². The van der Waals surface area contributed by atoms with Crippen molar-refractivity contribution in [1.29, 1.82) is 0 Å². The van der Waals surface area contributed by atoms with Crippen LogP contribution in [0.2, 0.25) is 5.02 Å². The summed E-state index contributed by atoms with van der Waals surface area (Å²) in [6, 6.07) is 1.44. The van der Waals surface area contributed by atoms with E-state index in [1.807, 2.05) is 0 Å². The van der Waals surface area contributed by atoms with Crippen LogP contribution in [0.15, 0.2) is 10.5 Å². The number of benzene rings is 1. The molecule has 0 unspecified atom stereocenters. The Labute approximate surface area is 106 Å². The van der Waals surface area contributed by atoms with Gasteiger partial charge in [-0.05, 0) is 28.9 Å². The van der Waals surface area contributed by atoms with Crippen LogP contribution in [0.1, 0.15) is 17.3 Å². The topological polar surface area (TPSA) is 55.8 Å². The molecule has 1 aromatic carbocycles. The average Bonchev–Trinajstić information content (AvgIpc) is 2.28. The van der Waals surface area contributed by atoms with Crippen molar-refractivity contribution < 1.29 is 19.4 Å². The third-order valence-corrected chi connectivity index (χ3v) is 2.81. The summed E-state index contributed by atoms with van der Waals surface area (Å²) in [7, 11) is 1.24. The van der Waals surface area contributed by atoms with Crippen LogP contribution in [-0.4, -0.2) is 24.8 Å². The van der Waals surface area contributed by atoms with Crippen LogP contribution in [-0.2, 0) is 4.74 Å². The molecule has 4 nitrogen and oxygen atoms in total. The fraction of sp³-hybridized carbons (Fsp3) is 0.300. The molecule has 16 heavy (non-hydrogen) atoms. The smallest absolute Gasteiger partial charge is 0.339 e. The van der Waals surface area contributed by atoms with E-state index in [2.05, 4.69) is 20.7 Å². The Bertz CT molecular complexity index is 420. The predicted octanol–water partition coefficient (Wildman–Crippen LogP) is 2.99. The number of hydrogen-bond acceptors (Lipinski definition) is 4. The number of hydrogen-bond donors (Lipinski definition) is 1. The van der Waals surface area contributed by atoms with Gasteiger partial charge in [-0.3, -0.25) is 0 Å². The monoisotopic (exact) mass is 308 g/mol. The van der Waals surface area contributed by atoms with Crippen molar-refractivity contribution in [3.63, 3.8) is 0 Å². The molecule has 0 radical (unpaired) electrons. The average molecular weight is 310 g/mol. The number of aromatic hydroxyl groups is 1. The number of esters is 1. The molecule has 1 N–H and O–H groups in total. The normalized spacial score (nSPS) is 10.0. The summed E-state index contributed by atoms with van der Waals surface area (Å²) in [6.07, 6.45) is 0. The number of phenols is 1. The molecule has 0 saturated carbocycles. The summed E-state index contributed by atoms with van der Waals surface area (Å²) in [5.41, 5.74) is 0.0806. The van der Waals surface area contributed by atoms with E-state index in [1.54, 1.807) is 6.92 Å². The molecular formula is C10H10BrClO4. The van der Waals surface area contributed by atoms with Gasteiger partial charge in [-0.1, -0.05) is 11.6 Å². The zero-order valence-electron chi connectivity index (χ0n) is 8.71. The lowest BCUT2D eigenvalue weighted by Crippen LogP contribution is -2.03. The Balaban J connectivity index is 3.33. The number of methoxy groups -OCH3 is 1. The Morgan fingerprint density at radius 3 is 2.75 bits per heavy atom. The van der Waals surface area contributed by atoms with Gasteiger partial charge < -0.3 is 14.6 Å². The molecule has 0 heterocycles. The zero-order valence-corrected chi connectivity index (χ0v) is 11.1. The molecule has 88 valence electrons. The maximum absolute atomic E-state index is 11.3. The predicted molar refractivity (Wildman–Crippen MR) is 63.3 cm³/mol. The van der Waals surface area contributed by atoms with Gasteiger partial charge in [-0.2, -0.15) is 0 Å². The number of rotatable bonds is 3. The second-order valence-electron chi connectivity index (χ2n) is 2.82. The lowest BCUT2D eigenvalue weighted by molar-refractivity contribution is 0.0600. The van der Waals surface area contributed by atoms with Gasteiger partial charge in [0.15, 0.2) is 11.5 Å². The quantitative estimate of drug-likeness (QED) is 0.872. The van der Waals surface area contributed by atoms with Gasteiger partial charge in [0, 0.05) is 0 Å². The van der Waals surface area contributed by atoms with Crippen molar-refractivity contribution in [1.82, 2.24) is 0 Å². The van der Waals surface area contributed by atoms with E-state index >= 15 is 0 Å². The lowest BCUT2D eigenvalue weighted by atomic mass is 10.2. The van der Waals surface area contributed by atoms with E-state index in [-0.39, 0.29) is 22.1 Å². The van der Waals surface area contributed by atoms with Crippen molar-refractivity contribution in [2.45, 2.75) is 6.92 Å². The number of carbonyl (C=O) groups is 1. The third-order valence-electron chi connectivity index (χ3n) is 1.84. The second kappa shape index (κ2) is 5.41. The van der Waals surface area contributed by atoms with E-state index in [0.717, 1.165) is 0 Å². The Morgan fingerprint density at radius 1 is 1.62 bits per heavy atom. The first-order valence-electron chi connectivity index (χ1n) is 4.45. The van der Waals surface area contributed by atoms with Crippen molar-refractivity contribution in [2.24, 2.45) is 0 Å². The highest BCUT2D eigenvalue weighted by Crippen LogP contribution is 2.42. The highest BCUT2D eigenvalue weighted by Gasteiger charge is 2.20. The molecule has 0 aromatic heterocycles. The molecule has 0 spiro atoms. The minimum absolute atomic E-state index is 0.0806. The molecule has 0 aliphatic carbocycles. The highest BCUT2D eigenvalue weighted by atomic mass is 79.9. The molecule has 0 aliphatic rings. The molecule has 0 aliphatic heterocycles. The van der Waals surface area contributed by atoms with Crippen LogP contribution in [0.5, 0.6) is 11.5 Å². The first kappa shape index (κ1) is 13.1. The number of carbonyl (C=O) groups excluding carboxylic acids is 1. The Kier molecular flexibility index (Phi) is 4.44. The number of halogens is 2. The Hall–Kier alpha value is -0.940. The van der Waals surface area contributed by atoms with Gasteiger partial charge in [0.2, 0.25) is 0 Å². The molecule has 6 heteroatoms. The summed E-state index contributed by atoms with van der Waals surface area (Å²) in [5.74, 6) is -0.692. The standard InChI is InChI=1S/C10H10BrClO4/c1-3-16-9-6(11)4-5(10(14)15-2)7(12)8(9)13/h4,13H,3H2,1-2H3. The van der Waals surface area contributed by atoms with E-state index in [1.165, 1.54) is 13.2 Å². The summed E-state index contributed by atoms with van der Waals surface area (Å²) >= 11 is 9.01. The third kappa shape index (κ3) is 2.41. The maximum Gasteiger partial charge on any atom is 0.339 e. The van der Waals surface area contributed by atoms with Gasteiger partial charge >= 0.3 is 5.97 Å². The number of phenolic OH excluding ortho intramolecular Hbond substituents is 1. The minimum atomic E-state index is -0.621. The summed E-state index contributed by atoms with van der Waals surface area (Å²) in [5, 5.41) is 9.66. The molecule has 1 rings (SSSR count). The van der Waals surface area contributed by atoms with Gasteiger partial charge in [-0.25, -0.2) is 4.79 Å². The van der Waals surface area contributed by atoms with E-state index in [4.69, 9.17) is 16.3 Å². The van der Waals surface area contributed by atoms with E-state index < -0.39 is 5.97 Å². The highest BCUT2D eigenvalue weighted by molar-refractivity contribution is 9.10. The maximum atomic E-state index is 11.3. The summed E-state index contributed by atoms with van der Waals surface area (Å²) < 4.78 is 10.2. The minimum Gasteiger partial charge on any atom is -0.503 e. The molecule has 0 fully saturated rings.